The predicted molar refractivity (Wildman–Crippen MR) is 79.3 cm³/mol. The molecule has 0 saturated heterocycles. The molecule has 1 saturated carbocycles. The summed E-state index contributed by atoms with van der Waals surface area (Å²) in [5, 5.41) is 12.9. The molecule has 4 nitrogen and oxygen atoms in total. The molecule has 2 rings (SSSR count). The maximum atomic E-state index is 9.52. The van der Waals surface area contributed by atoms with E-state index in [4.69, 9.17) is 9.47 Å². The van der Waals surface area contributed by atoms with E-state index in [2.05, 4.69) is 5.32 Å². The number of hydrogen-bond donors (Lipinski definition) is 2. The van der Waals surface area contributed by atoms with Crippen molar-refractivity contribution in [3.8, 4) is 11.5 Å². The Hall–Kier alpha value is -1.26. The van der Waals surface area contributed by atoms with Gasteiger partial charge in [-0.1, -0.05) is 12.8 Å². The average molecular weight is 279 g/mol. The summed E-state index contributed by atoms with van der Waals surface area (Å²) in [6, 6.07) is 7.60. The third-order valence-electron chi connectivity index (χ3n) is 4.11. The molecular formula is C16H25NO3. The van der Waals surface area contributed by atoms with E-state index in [-0.39, 0.29) is 5.41 Å². The molecule has 0 amide bonds. The Labute approximate surface area is 121 Å². The summed E-state index contributed by atoms with van der Waals surface area (Å²) in [5.41, 5.74) is 0.111. The molecule has 0 unspecified atom stereocenters. The van der Waals surface area contributed by atoms with Crippen LogP contribution in [0.5, 0.6) is 11.5 Å². The smallest absolute Gasteiger partial charge is 0.119 e. The van der Waals surface area contributed by atoms with Crippen LogP contribution in [0.1, 0.15) is 25.7 Å². The van der Waals surface area contributed by atoms with Gasteiger partial charge in [0.1, 0.15) is 18.1 Å². The second kappa shape index (κ2) is 7.50. The lowest BCUT2D eigenvalue weighted by Gasteiger charge is -2.26. The van der Waals surface area contributed by atoms with Gasteiger partial charge in [0.25, 0.3) is 0 Å². The van der Waals surface area contributed by atoms with Gasteiger partial charge in [0.05, 0.1) is 7.11 Å². The minimum Gasteiger partial charge on any atom is -0.497 e. The molecule has 4 heteroatoms. The molecule has 0 atom stereocenters. The van der Waals surface area contributed by atoms with Gasteiger partial charge in [-0.2, -0.15) is 0 Å². The van der Waals surface area contributed by atoms with Crippen molar-refractivity contribution in [3.63, 3.8) is 0 Å². The van der Waals surface area contributed by atoms with Crippen LogP contribution in [0.2, 0.25) is 0 Å². The van der Waals surface area contributed by atoms with E-state index in [9.17, 15) is 5.11 Å². The normalized spacial score (nSPS) is 17.1. The highest BCUT2D eigenvalue weighted by Gasteiger charge is 2.32. The molecule has 0 radical (unpaired) electrons. The van der Waals surface area contributed by atoms with E-state index in [1.54, 1.807) is 7.11 Å². The quantitative estimate of drug-likeness (QED) is 0.716. The third-order valence-corrected chi connectivity index (χ3v) is 4.11. The zero-order valence-electron chi connectivity index (χ0n) is 12.2. The number of ether oxygens (including phenoxy) is 2. The summed E-state index contributed by atoms with van der Waals surface area (Å²) >= 11 is 0. The molecule has 1 aliphatic carbocycles. The summed E-state index contributed by atoms with van der Waals surface area (Å²) in [4.78, 5) is 0. The van der Waals surface area contributed by atoms with Crippen LogP contribution in [0.15, 0.2) is 24.3 Å². The van der Waals surface area contributed by atoms with Gasteiger partial charge in [-0.3, -0.25) is 0 Å². The van der Waals surface area contributed by atoms with Gasteiger partial charge < -0.3 is 19.9 Å². The minimum absolute atomic E-state index is 0.111. The molecule has 0 aromatic heterocycles. The van der Waals surface area contributed by atoms with Crippen LogP contribution in [-0.4, -0.2) is 38.5 Å². The molecule has 0 heterocycles. The van der Waals surface area contributed by atoms with Crippen molar-refractivity contribution in [1.82, 2.24) is 5.32 Å². The van der Waals surface area contributed by atoms with Crippen molar-refractivity contribution in [2.75, 3.05) is 33.4 Å². The molecule has 0 spiro atoms. The summed E-state index contributed by atoms with van der Waals surface area (Å²) in [7, 11) is 1.65. The topological polar surface area (TPSA) is 50.7 Å². The van der Waals surface area contributed by atoms with Gasteiger partial charge in [0.15, 0.2) is 0 Å². The first-order chi connectivity index (χ1) is 9.78. The fourth-order valence-corrected chi connectivity index (χ4v) is 2.78. The number of nitrogens with one attached hydrogen (secondary N) is 1. The lowest BCUT2D eigenvalue weighted by Crippen LogP contribution is -2.36. The van der Waals surface area contributed by atoms with Crippen molar-refractivity contribution in [2.45, 2.75) is 25.7 Å². The molecule has 20 heavy (non-hydrogen) atoms. The maximum absolute atomic E-state index is 9.52. The monoisotopic (exact) mass is 279 g/mol. The Kier molecular flexibility index (Phi) is 5.68. The van der Waals surface area contributed by atoms with E-state index in [0.29, 0.717) is 13.2 Å². The molecule has 2 N–H and O–H groups in total. The van der Waals surface area contributed by atoms with E-state index in [1.807, 2.05) is 24.3 Å². The minimum atomic E-state index is 0.111. The zero-order valence-corrected chi connectivity index (χ0v) is 12.2. The van der Waals surface area contributed by atoms with Crippen LogP contribution < -0.4 is 14.8 Å². The van der Waals surface area contributed by atoms with Crippen LogP contribution >= 0.6 is 0 Å². The van der Waals surface area contributed by atoms with Crippen LogP contribution in [-0.2, 0) is 0 Å². The van der Waals surface area contributed by atoms with Crippen LogP contribution in [0.4, 0.5) is 0 Å². The fourth-order valence-electron chi connectivity index (χ4n) is 2.78. The van der Waals surface area contributed by atoms with Gasteiger partial charge in [0.2, 0.25) is 0 Å². The SMILES string of the molecule is COc1ccc(OCCNCC2(CO)CCCC2)cc1. The molecule has 1 aliphatic rings. The second-order valence-electron chi connectivity index (χ2n) is 5.57. The zero-order chi connectivity index (χ0) is 14.3. The Morgan fingerprint density at radius 1 is 1.15 bits per heavy atom. The van der Waals surface area contributed by atoms with Crippen LogP contribution in [0.3, 0.4) is 0 Å². The maximum Gasteiger partial charge on any atom is 0.119 e. The molecule has 1 aromatic carbocycles. The Balaban J connectivity index is 1.63. The van der Waals surface area contributed by atoms with Gasteiger partial charge in [-0.05, 0) is 37.1 Å². The second-order valence-corrected chi connectivity index (χ2v) is 5.57. The van der Waals surface area contributed by atoms with Gasteiger partial charge in [-0.15, -0.1) is 0 Å². The Bertz CT molecular complexity index is 385. The highest BCUT2D eigenvalue weighted by Crippen LogP contribution is 2.36. The highest BCUT2D eigenvalue weighted by molar-refractivity contribution is 5.31. The lowest BCUT2D eigenvalue weighted by atomic mass is 9.87. The first-order valence-electron chi connectivity index (χ1n) is 7.36. The molecule has 112 valence electrons. The first kappa shape index (κ1) is 15.1. The lowest BCUT2D eigenvalue weighted by molar-refractivity contribution is 0.127. The summed E-state index contributed by atoms with van der Waals surface area (Å²) in [6.07, 6.45) is 4.75. The van der Waals surface area contributed by atoms with Crippen molar-refractivity contribution >= 4 is 0 Å². The summed E-state index contributed by atoms with van der Waals surface area (Å²) in [6.45, 7) is 2.61. The summed E-state index contributed by atoms with van der Waals surface area (Å²) < 4.78 is 10.8. The number of methoxy groups -OCH3 is 1. The van der Waals surface area contributed by atoms with Crippen molar-refractivity contribution in [1.29, 1.82) is 0 Å². The number of aliphatic hydroxyl groups is 1. The Morgan fingerprint density at radius 3 is 2.40 bits per heavy atom. The highest BCUT2D eigenvalue weighted by atomic mass is 16.5. The number of aliphatic hydroxyl groups excluding tert-OH is 1. The summed E-state index contributed by atoms with van der Waals surface area (Å²) in [5.74, 6) is 1.69. The molecule has 1 aromatic rings. The Morgan fingerprint density at radius 2 is 1.80 bits per heavy atom. The average Bonchev–Trinajstić information content (AvgIpc) is 2.97. The predicted octanol–water partition coefficient (Wildman–Crippen LogP) is 2.22. The molecule has 1 fully saturated rings. The van der Waals surface area contributed by atoms with E-state index in [0.717, 1.165) is 37.4 Å². The molecule has 0 bridgehead atoms. The van der Waals surface area contributed by atoms with E-state index < -0.39 is 0 Å². The van der Waals surface area contributed by atoms with Crippen LogP contribution in [0.25, 0.3) is 0 Å². The number of rotatable bonds is 8. The van der Waals surface area contributed by atoms with E-state index in [1.165, 1.54) is 12.8 Å². The van der Waals surface area contributed by atoms with Crippen molar-refractivity contribution < 1.29 is 14.6 Å². The van der Waals surface area contributed by atoms with Gasteiger partial charge >= 0.3 is 0 Å². The molecular weight excluding hydrogens is 254 g/mol. The first-order valence-corrected chi connectivity index (χ1v) is 7.36. The standard InChI is InChI=1S/C16H25NO3/c1-19-14-4-6-15(7-5-14)20-11-10-17-12-16(13-18)8-2-3-9-16/h4-7,17-18H,2-3,8-13H2,1H3. The van der Waals surface area contributed by atoms with Crippen molar-refractivity contribution in [2.24, 2.45) is 5.41 Å². The number of benzene rings is 1. The number of hydrogen-bond acceptors (Lipinski definition) is 4. The fraction of sp³-hybridized carbons (Fsp3) is 0.625. The van der Waals surface area contributed by atoms with Gasteiger partial charge in [-0.25, -0.2) is 0 Å². The van der Waals surface area contributed by atoms with Crippen LogP contribution in [0, 0.1) is 5.41 Å². The van der Waals surface area contributed by atoms with Gasteiger partial charge in [0, 0.05) is 25.1 Å². The third kappa shape index (κ3) is 4.12. The van der Waals surface area contributed by atoms with E-state index >= 15 is 0 Å². The van der Waals surface area contributed by atoms with Crippen molar-refractivity contribution in [3.05, 3.63) is 24.3 Å². The molecule has 0 aliphatic heterocycles. The largest absolute Gasteiger partial charge is 0.497 e.